The molecule has 0 aliphatic rings. The lowest BCUT2D eigenvalue weighted by atomic mass is 9.93. The molecule has 0 spiro atoms. The lowest BCUT2D eigenvalue weighted by molar-refractivity contribution is 0.0676. The Bertz CT molecular complexity index is 137. The lowest BCUT2D eigenvalue weighted by Crippen LogP contribution is -2.39. The number of hydrogen-bond donors (Lipinski definition) is 3. The Morgan fingerprint density at radius 1 is 1.36 bits per heavy atom. The van der Waals surface area contributed by atoms with Gasteiger partial charge in [0, 0.05) is 25.7 Å². The quantitative estimate of drug-likeness (QED) is 0.516. The van der Waals surface area contributed by atoms with Gasteiger partial charge in [0.1, 0.15) is 0 Å². The van der Waals surface area contributed by atoms with Crippen LogP contribution >= 0.6 is 0 Å². The first-order valence-corrected chi connectivity index (χ1v) is 4.99. The SMILES string of the molecule is COCC(C)CNCC(C)(CO)CO. The van der Waals surface area contributed by atoms with E-state index in [1.807, 2.05) is 6.92 Å². The van der Waals surface area contributed by atoms with Crippen LogP contribution in [0, 0.1) is 11.3 Å². The van der Waals surface area contributed by atoms with Crippen molar-refractivity contribution in [2.75, 3.05) is 40.0 Å². The van der Waals surface area contributed by atoms with Gasteiger partial charge in [0.25, 0.3) is 0 Å². The lowest BCUT2D eigenvalue weighted by Gasteiger charge is -2.25. The summed E-state index contributed by atoms with van der Waals surface area (Å²) in [6, 6.07) is 0. The van der Waals surface area contributed by atoms with Crippen molar-refractivity contribution < 1.29 is 14.9 Å². The molecule has 0 saturated heterocycles. The first-order chi connectivity index (χ1) is 6.58. The van der Waals surface area contributed by atoms with E-state index in [1.165, 1.54) is 0 Å². The van der Waals surface area contributed by atoms with Gasteiger partial charge in [-0.05, 0) is 12.5 Å². The van der Waals surface area contributed by atoms with Gasteiger partial charge in [-0.1, -0.05) is 13.8 Å². The summed E-state index contributed by atoms with van der Waals surface area (Å²) in [5.74, 6) is 0.446. The van der Waals surface area contributed by atoms with Crippen LogP contribution in [0.25, 0.3) is 0 Å². The van der Waals surface area contributed by atoms with Crippen LogP contribution in [-0.2, 0) is 4.74 Å². The molecule has 0 fully saturated rings. The Hall–Kier alpha value is -0.160. The molecule has 0 aliphatic carbocycles. The fraction of sp³-hybridized carbons (Fsp3) is 1.00. The number of aliphatic hydroxyl groups excluding tert-OH is 2. The number of methoxy groups -OCH3 is 1. The van der Waals surface area contributed by atoms with E-state index in [-0.39, 0.29) is 13.2 Å². The van der Waals surface area contributed by atoms with Crippen molar-refractivity contribution in [1.82, 2.24) is 5.32 Å². The molecular formula is C10H23NO3. The molecule has 0 aromatic heterocycles. The van der Waals surface area contributed by atoms with E-state index < -0.39 is 5.41 Å². The fourth-order valence-electron chi connectivity index (χ4n) is 1.13. The Morgan fingerprint density at radius 2 is 1.93 bits per heavy atom. The average molecular weight is 205 g/mol. The second-order valence-corrected chi connectivity index (χ2v) is 4.32. The molecule has 0 rings (SSSR count). The predicted octanol–water partition coefficient (Wildman–Crippen LogP) is -0.151. The van der Waals surface area contributed by atoms with Crippen LogP contribution in [0.1, 0.15) is 13.8 Å². The third-order valence-corrected chi connectivity index (χ3v) is 2.26. The minimum Gasteiger partial charge on any atom is -0.396 e. The number of ether oxygens (including phenoxy) is 1. The zero-order chi connectivity index (χ0) is 11.0. The molecule has 3 N–H and O–H groups in total. The minimum atomic E-state index is -0.424. The van der Waals surface area contributed by atoms with Crippen LogP contribution in [0.2, 0.25) is 0 Å². The molecule has 0 heterocycles. The highest BCUT2D eigenvalue weighted by molar-refractivity contribution is 4.75. The minimum absolute atomic E-state index is 0.00480. The van der Waals surface area contributed by atoms with E-state index >= 15 is 0 Å². The van der Waals surface area contributed by atoms with Gasteiger partial charge in [-0.15, -0.1) is 0 Å². The number of rotatable bonds is 8. The van der Waals surface area contributed by atoms with Gasteiger partial charge in [0.15, 0.2) is 0 Å². The third-order valence-electron chi connectivity index (χ3n) is 2.26. The van der Waals surface area contributed by atoms with Crippen LogP contribution in [-0.4, -0.2) is 50.2 Å². The van der Waals surface area contributed by atoms with E-state index in [9.17, 15) is 0 Å². The standard InChI is InChI=1S/C10H23NO3/c1-9(5-14-3)4-11-6-10(2,7-12)8-13/h9,11-13H,4-8H2,1-3H3. The molecule has 0 radical (unpaired) electrons. The third kappa shape index (κ3) is 5.54. The maximum absolute atomic E-state index is 9.03. The average Bonchev–Trinajstić information content (AvgIpc) is 2.18. The zero-order valence-corrected chi connectivity index (χ0v) is 9.42. The zero-order valence-electron chi connectivity index (χ0n) is 9.42. The largest absolute Gasteiger partial charge is 0.396 e. The van der Waals surface area contributed by atoms with E-state index in [0.717, 1.165) is 13.2 Å². The summed E-state index contributed by atoms with van der Waals surface area (Å²) in [4.78, 5) is 0. The molecule has 0 saturated carbocycles. The van der Waals surface area contributed by atoms with E-state index in [1.54, 1.807) is 7.11 Å². The fourth-order valence-corrected chi connectivity index (χ4v) is 1.13. The van der Waals surface area contributed by atoms with Gasteiger partial charge >= 0.3 is 0 Å². The van der Waals surface area contributed by atoms with Gasteiger partial charge in [0.2, 0.25) is 0 Å². The predicted molar refractivity (Wildman–Crippen MR) is 56.2 cm³/mol. The van der Waals surface area contributed by atoms with Crippen molar-refractivity contribution in [3.05, 3.63) is 0 Å². The summed E-state index contributed by atoms with van der Waals surface area (Å²) >= 11 is 0. The monoisotopic (exact) mass is 205 g/mol. The summed E-state index contributed by atoms with van der Waals surface area (Å²) in [6.07, 6.45) is 0. The van der Waals surface area contributed by atoms with Crippen LogP contribution in [0.5, 0.6) is 0 Å². The van der Waals surface area contributed by atoms with Crippen molar-refractivity contribution in [2.45, 2.75) is 13.8 Å². The molecule has 0 aromatic carbocycles. The van der Waals surface area contributed by atoms with Crippen LogP contribution in [0.3, 0.4) is 0 Å². The molecule has 4 heteroatoms. The van der Waals surface area contributed by atoms with Crippen LogP contribution in [0.4, 0.5) is 0 Å². The second-order valence-electron chi connectivity index (χ2n) is 4.32. The molecule has 14 heavy (non-hydrogen) atoms. The molecule has 0 aromatic rings. The Balaban J connectivity index is 3.61. The van der Waals surface area contributed by atoms with Crippen molar-refractivity contribution in [3.8, 4) is 0 Å². The topological polar surface area (TPSA) is 61.7 Å². The Labute approximate surface area is 86.3 Å². The summed E-state index contributed by atoms with van der Waals surface area (Å²) in [5, 5.41) is 21.3. The molecule has 0 amide bonds. The van der Waals surface area contributed by atoms with Crippen LogP contribution in [0.15, 0.2) is 0 Å². The second kappa shape index (κ2) is 7.17. The number of nitrogens with one attached hydrogen (secondary N) is 1. The molecule has 0 aliphatic heterocycles. The summed E-state index contributed by atoms with van der Waals surface area (Å²) in [6.45, 7) is 6.11. The normalized spacial score (nSPS) is 14.4. The highest BCUT2D eigenvalue weighted by Crippen LogP contribution is 2.12. The molecule has 1 atom stereocenters. The van der Waals surface area contributed by atoms with Crippen molar-refractivity contribution in [1.29, 1.82) is 0 Å². The number of aliphatic hydroxyl groups is 2. The first-order valence-electron chi connectivity index (χ1n) is 4.99. The Kier molecular flexibility index (Phi) is 7.09. The van der Waals surface area contributed by atoms with Gasteiger partial charge in [0.05, 0.1) is 13.2 Å². The summed E-state index contributed by atoms with van der Waals surface area (Å²) in [5.41, 5.74) is -0.424. The van der Waals surface area contributed by atoms with Crippen molar-refractivity contribution in [3.63, 3.8) is 0 Å². The molecule has 0 bridgehead atoms. The van der Waals surface area contributed by atoms with Crippen molar-refractivity contribution >= 4 is 0 Å². The van der Waals surface area contributed by atoms with Gasteiger partial charge in [-0.2, -0.15) is 0 Å². The maximum Gasteiger partial charge on any atom is 0.0518 e. The van der Waals surface area contributed by atoms with Crippen molar-refractivity contribution in [2.24, 2.45) is 11.3 Å². The summed E-state index contributed by atoms with van der Waals surface area (Å²) < 4.78 is 5.00. The molecule has 86 valence electrons. The summed E-state index contributed by atoms with van der Waals surface area (Å²) in [7, 11) is 1.68. The van der Waals surface area contributed by atoms with Gasteiger partial charge in [-0.3, -0.25) is 0 Å². The van der Waals surface area contributed by atoms with E-state index in [0.29, 0.717) is 12.5 Å². The molecular weight excluding hydrogens is 182 g/mol. The highest BCUT2D eigenvalue weighted by Gasteiger charge is 2.21. The Morgan fingerprint density at radius 3 is 2.36 bits per heavy atom. The van der Waals surface area contributed by atoms with Gasteiger partial charge < -0.3 is 20.3 Å². The van der Waals surface area contributed by atoms with E-state index in [4.69, 9.17) is 14.9 Å². The smallest absolute Gasteiger partial charge is 0.0518 e. The van der Waals surface area contributed by atoms with E-state index in [2.05, 4.69) is 12.2 Å². The number of hydrogen-bond acceptors (Lipinski definition) is 4. The maximum atomic E-state index is 9.03. The highest BCUT2D eigenvalue weighted by atomic mass is 16.5. The van der Waals surface area contributed by atoms with Gasteiger partial charge in [-0.25, -0.2) is 0 Å². The molecule has 1 unspecified atom stereocenters. The molecule has 4 nitrogen and oxygen atoms in total. The van der Waals surface area contributed by atoms with Crippen LogP contribution < -0.4 is 5.32 Å². The first kappa shape index (κ1) is 13.8.